The predicted molar refractivity (Wildman–Crippen MR) is 120 cm³/mol. The van der Waals surface area contributed by atoms with Crippen molar-refractivity contribution in [1.29, 1.82) is 0 Å². The number of fused-ring (bicyclic) bond motifs is 3. The summed E-state index contributed by atoms with van der Waals surface area (Å²) in [6.45, 7) is 4.61. The maximum absolute atomic E-state index is 6.38. The Morgan fingerprint density at radius 2 is 1.21 bits per heavy atom. The Kier molecular flexibility index (Phi) is 3.92. The van der Waals surface area contributed by atoms with Crippen LogP contribution in [0.3, 0.4) is 0 Å². The highest BCUT2D eigenvalue weighted by Gasteiger charge is 2.37. The molecule has 4 aromatic carbocycles. The van der Waals surface area contributed by atoms with Gasteiger partial charge < -0.3 is 0 Å². The first-order valence-electron chi connectivity index (χ1n) is 9.65. The first kappa shape index (κ1) is 17.3. The van der Waals surface area contributed by atoms with Gasteiger partial charge in [0.1, 0.15) is 0 Å². The average Bonchev–Trinajstić information content (AvgIpc) is 2.95. The van der Waals surface area contributed by atoms with Crippen LogP contribution < -0.4 is 0 Å². The van der Waals surface area contributed by atoms with Crippen molar-refractivity contribution in [2.24, 2.45) is 0 Å². The SMILES string of the molecule is CC1(C)c2cc(Cl)ccc2-c2c(-c3ccccc3)cc(-c3ccccc3)cc21. The highest BCUT2D eigenvalue weighted by molar-refractivity contribution is 6.30. The molecule has 0 amide bonds. The fourth-order valence-electron chi connectivity index (χ4n) is 4.46. The summed E-state index contributed by atoms with van der Waals surface area (Å²) in [5, 5.41) is 0.796. The monoisotopic (exact) mass is 380 g/mol. The third-order valence-corrected chi connectivity index (χ3v) is 6.16. The maximum atomic E-state index is 6.38. The van der Waals surface area contributed by atoms with Crippen molar-refractivity contribution in [1.82, 2.24) is 0 Å². The summed E-state index contributed by atoms with van der Waals surface area (Å²) >= 11 is 6.38. The van der Waals surface area contributed by atoms with Crippen LogP contribution >= 0.6 is 11.6 Å². The summed E-state index contributed by atoms with van der Waals surface area (Å²) in [7, 11) is 0. The van der Waals surface area contributed by atoms with Gasteiger partial charge in [0.25, 0.3) is 0 Å². The molecule has 28 heavy (non-hydrogen) atoms. The first-order chi connectivity index (χ1) is 13.6. The summed E-state index contributed by atoms with van der Waals surface area (Å²) < 4.78 is 0. The van der Waals surface area contributed by atoms with E-state index in [1.807, 2.05) is 6.07 Å². The Bertz CT molecular complexity index is 1170. The average molecular weight is 381 g/mol. The predicted octanol–water partition coefficient (Wildman–Crippen LogP) is 7.98. The van der Waals surface area contributed by atoms with Gasteiger partial charge in [0.15, 0.2) is 0 Å². The van der Waals surface area contributed by atoms with Gasteiger partial charge in [0.05, 0.1) is 0 Å². The zero-order chi connectivity index (χ0) is 19.3. The molecule has 0 spiro atoms. The zero-order valence-corrected chi connectivity index (χ0v) is 16.8. The fourth-order valence-corrected chi connectivity index (χ4v) is 4.64. The molecule has 0 saturated heterocycles. The van der Waals surface area contributed by atoms with Crippen LogP contribution in [0.25, 0.3) is 33.4 Å². The molecule has 0 atom stereocenters. The summed E-state index contributed by atoms with van der Waals surface area (Å²) in [6, 6.07) is 32.3. The Labute approximate surface area is 171 Å². The number of hydrogen-bond donors (Lipinski definition) is 0. The lowest BCUT2D eigenvalue weighted by atomic mass is 9.80. The van der Waals surface area contributed by atoms with E-state index in [9.17, 15) is 0 Å². The second-order valence-corrected chi connectivity index (χ2v) is 8.43. The summed E-state index contributed by atoms with van der Waals surface area (Å²) in [6.07, 6.45) is 0. The van der Waals surface area contributed by atoms with Crippen LogP contribution in [0, 0.1) is 0 Å². The molecule has 0 bridgehead atoms. The van der Waals surface area contributed by atoms with E-state index < -0.39 is 0 Å². The van der Waals surface area contributed by atoms with Crippen molar-refractivity contribution in [3.05, 3.63) is 107 Å². The van der Waals surface area contributed by atoms with Crippen LogP contribution in [-0.2, 0) is 5.41 Å². The topological polar surface area (TPSA) is 0 Å². The standard InChI is InChI=1S/C27H21Cl/c1-27(2)24-17-21(28)13-14-22(24)26-23(19-11-7-4-8-12-19)15-20(16-25(26)27)18-9-5-3-6-10-18/h3-17H,1-2H3. The molecule has 0 saturated carbocycles. The molecular formula is C27H21Cl. The summed E-state index contributed by atoms with van der Waals surface area (Å²) in [5.74, 6) is 0. The Morgan fingerprint density at radius 3 is 1.89 bits per heavy atom. The van der Waals surface area contributed by atoms with Gasteiger partial charge in [0.2, 0.25) is 0 Å². The van der Waals surface area contributed by atoms with E-state index in [4.69, 9.17) is 11.6 Å². The Morgan fingerprint density at radius 1 is 0.571 bits per heavy atom. The Hall–Kier alpha value is -2.83. The van der Waals surface area contributed by atoms with Crippen molar-refractivity contribution < 1.29 is 0 Å². The van der Waals surface area contributed by atoms with Crippen molar-refractivity contribution >= 4 is 11.6 Å². The largest absolute Gasteiger partial charge is 0.0843 e. The lowest BCUT2D eigenvalue weighted by Crippen LogP contribution is -2.15. The molecule has 1 heteroatoms. The van der Waals surface area contributed by atoms with Gasteiger partial charge >= 0.3 is 0 Å². The van der Waals surface area contributed by atoms with Crippen LogP contribution in [-0.4, -0.2) is 0 Å². The third kappa shape index (κ3) is 2.60. The van der Waals surface area contributed by atoms with E-state index in [-0.39, 0.29) is 5.41 Å². The molecule has 0 radical (unpaired) electrons. The van der Waals surface area contributed by atoms with Gasteiger partial charge in [0, 0.05) is 10.4 Å². The molecule has 0 heterocycles. The molecule has 136 valence electrons. The van der Waals surface area contributed by atoms with Crippen LogP contribution in [0.1, 0.15) is 25.0 Å². The van der Waals surface area contributed by atoms with Gasteiger partial charge in [-0.1, -0.05) is 92.2 Å². The fraction of sp³-hybridized carbons (Fsp3) is 0.111. The molecule has 1 aliphatic carbocycles. The van der Waals surface area contributed by atoms with E-state index in [1.54, 1.807) is 0 Å². The zero-order valence-electron chi connectivity index (χ0n) is 16.0. The molecular weight excluding hydrogens is 360 g/mol. The number of rotatable bonds is 2. The van der Waals surface area contributed by atoms with Crippen molar-refractivity contribution in [2.45, 2.75) is 19.3 Å². The third-order valence-electron chi connectivity index (χ3n) is 5.93. The number of hydrogen-bond acceptors (Lipinski definition) is 0. The van der Waals surface area contributed by atoms with Crippen molar-refractivity contribution in [3.63, 3.8) is 0 Å². The lowest BCUT2D eigenvalue weighted by molar-refractivity contribution is 0.661. The lowest BCUT2D eigenvalue weighted by Gasteiger charge is -2.23. The molecule has 0 unspecified atom stereocenters. The molecule has 1 aliphatic rings. The van der Waals surface area contributed by atoms with Crippen LogP contribution in [0.5, 0.6) is 0 Å². The molecule has 5 rings (SSSR count). The molecule has 4 aromatic rings. The summed E-state index contributed by atoms with van der Waals surface area (Å²) in [4.78, 5) is 0. The number of halogens is 1. The van der Waals surface area contributed by atoms with Crippen LogP contribution in [0.2, 0.25) is 5.02 Å². The second-order valence-electron chi connectivity index (χ2n) is 7.99. The summed E-state index contributed by atoms with van der Waals surface area (Å²) in [5.41, 5.74) is 10.2. The van der Waals surface area contributed by atoms with Gasteiger partial charge in [-0.05, 0) is 68.8 Å². The minimum atomic E-state index is -0.0934. The van der Waals surface area contributed by atoms with E-state index >= 15 is 0 Å². The highest BCUT2D eigenvalue weighted by atomic mass is 35.5. The molecule has 0 aromatic heterocycles. The van der Waals surface area contributed by atoms with Gasteiger partial charge in [-0.25, -0.2) is 0 Å². The molecule has 0 fully saturated rings. The quantitative estimate of drug-likeness (QED) is 0.330. The minimum Gasteiger partial charge on any atom is -0.0843 e. The second kappa shape index (κ2) is 6.36. The molecule has 0 nitrogen and oxygen atoms in total. The number of benzene rings is 4. The van der Waals surface area contributed by atoms with E-state index in [0.717, 1.165) is 5.02 Å². The van der Waals surface area contributed by atoms with Crippen molar-refractivity contribution in [2.75, 3.05) is 0 Å². The molecule has 0 N–H and O–H groups in total. The van der Waals surface area contributed by atoms with Gasteiger partial charge in [-0.3, -0.25) is 0 Å². The minimum absolute atomic E-state index is 0.0934. The van der Waals surface area contributed by atoms with Crippen LogP contribution in [0.15, 0.2) is 91.0 Å². The van der Waals surface area contributed by atoms with Gasteiger partial charge in [-0.15, -0.1) is 0 Å². The van der Waals surface area contributed by atoms with E-state index in [0.29, 0.717) is 0 Å². The van der Waals surface area contributed by atoms with E-state index in [2.05, 4.69) is 98.8 Å². The van der Waals surface area contributed by atoms with Crippen molar-refractivity contribution in [3.8, 4) is 33.4 Å². The first-order valence-corrected chi connectivity index (χ1v) is 10.0. The van der Waals surface area contributed by atoms with Crippen LogP contribution in [0.4, 0.5) is 0 Å². The maximum Gasteiger partial charge on any atom is 0.0409 e. The smallest absolute Gasteiger partial charge is 0.0409 e. The Balaban J connectivity index is 1.87. The highest BCUT2D eigenvalue weighted by Crippen LogP contribution is 2.53. The van der Waals surface area contributed by atoms with Gasteiger partial charge in [-0.2, -0.15) is 0 Å². The molecule has 0 aliphatic heterocycles. The normalized spacial score (nSPS) is 13.8. The van der Waals surface area contributed by atoms with E-state index in [1.165, 1.54) is 44.5 Å².